The van der Waals surface area contributed by atoms with E-state index in [0.29, 0.717) is 0 Å². The minimum Gasteiger partial charge on any atom is -0.473 e. The van der Waals surface area contributed by atoms with Crippen LogP contribution in [-0.2, 0) is 4.79 Å². The normalized spacial score (nSPS) is 12.8. The Kier molecular flexibility index (Phi) is 2.95. The minimum absolute atomic E-state index is 0.499. The molecular weight excluding hydrogens is 162 g/mol. The first-order valence-electron chi connectivity index (χ1n) is 3.34. The van der Waals surface area contributed by atoms with Gasteiger partial charge >= 0.3 is 11.7 Å². The quantitative estimate of drug-likeness (QED) is 0.387. The van der Waals surface area contributed by atoms with Crippen LogP contribution in [0.15, 0.2) is 11.8 Å². The van der Waals surface area contributed by atoms with Crippen molar-refractivity contribution in [3.8, 4) is 0 Å². The van der Waals surface area contributed by atoms with E-state index in [1.54, 1.807) is 20.8 Å². The molecule has 0 atom stereocenters. The fourth-order valence-electron chi connectivity index (χ4n) is 0.603. The number of carbonyl (C=O) groups is 1. The third kappa shape index (κ3) is 3.70. The van der Waals surface area contributed by atoms with Gasteiger partial charge < -0.3 is 5.11 Å². The van der Waals surface area contributed by atoms with E-state index >= 15 is 0 Å². The topological polar surface area (TPSA) is 80.4 Å². The Morgan fingerprint density at radius 1 is 1.50 bits per heavy atom. The summed E-state index contributed by atoms with van der Waals surface area (Å²) in [7, 11) is 0. The molecular formula is C7H11NO4. The average Bonchev–Trinajstić information content (AvgIpc) is 1.79. The molecule has 5 nitrogen and oxygen atoms in total. The van der Waals surface area contributed by atoms with Crippen molar-refractivity contribution < 1.29 is 14.8 Å². The van der Waals surface area contributed by atoms with Crippen LogP contribution in [0, 0.1) is 15.5 Å². The molecule has 0 aliphatic carbocycles. The maximum atomic E-state index is 10.3. The predicted molar refractivity (Wildman–Crippen MR) is 42.2 cm³/mol. The van der Waals surface area contributed by atoms with Crippen LogP contribution < -0.4 is 0 Å². The average molecular weight is 173 g/mol. The van der Waals surface area contributed by atoms with E-state index in [1.807, 2.05) is 0 Å². The molecule has 12 heavy (non-hydrogen) atoms. The van der Waals surface area contributed by atoms with Crippen LogP contribution in [0.3, 0.4) is 0 Å². The summed E-state index contributed by atoms with van der Waals surface area (Å²) in [5.74, 6) is -1.50. The molecule has 0 aliphatic heterocycles. The van der Waals surface area contributed by atoms with Crippen molar-refractivity contribution in [2.24, 2.45) is 5.41 Å². The highest BCUT2D eigenvalue weighted by Gasteiger charge is 2.23. The Labute approximate surface area is 69.8 Å². The summed E-state index contributed by atoms with van der Waals surface area (Å²) in [6, 6.07) is 0. The van der Waals surface area contributed by atoms with Gasteiger partial charge in [0.05, 0.1) is 4.92 Å². The lowest BCUT2D eigenvalue weighted by Gasteiger charge is -2.09. The zero-order valence-electron chi connectivity index (χ0n) is 7.20. The van der Waals surface area contributed by atoms with Crippen LogP contribution >= 0.6 is 0 Å². The second-order valence-corrected chi connectivity index (χ2v) is 3.46. The number of nitro groups is 1. The van der Waals surface area contributed by atoms with E-state index in [0.717, 1.165) is 6.08 Å². The van der Waals surface area contributed by atoms with Gasteiger partial charge in [-0.05, 0) is 5.41 Å². The van der Waals surface area contributed by atoms with Gasteiger partial charge in [0, 0.05) is 6.08 Å². The van der Waals surface area contributed by atoms with E-state index in [9.17, 15) is 14.9 Å². The van der Waals surface area contributed by atoms with Crippen LogP contribution in [0.5, 0.6) is 0 Å². The number of carboxylic acids is 1. The number of allylic oxidation sites excluding steroid dienone is 1. The summed E-state index contributed by atoms with van der Waals surface area (Å²) in [6.07, 6.45) is 1.12. The van der Waals surface area contributed by atoms with Gasteiger partial charge in [-0.1, -0.05) is 20.8 Å². The molecule has 0 radical (unpaired) electrons. The monoisotopic (exact) mass is 173 g/mol. The number of carboxylic acid groups (broad SMARTS) is 1. The van der Waals surface area contributed by atoms with E-state index in [2.05, 4.69) is 0 Å². The Bertz CT molecular complexity index is 220. The number of nitrogens with zero attached hydrogens (tertiary/aromatic N) is 1. The summed E-state index contributed by atoms with van der Waals surface area (Å²) in [6.45, 7) is 5.08. The summed E-state index contributed by atoms with van der Waals surface area (Å²) >= 11 is 0. The summed E-state index contributed by atoms with van der Waals surface area (Å²) in [4.78, 5) is 19.6. The maximum Gasteiger partial charge on any atom is 0.407 e. The van der Waals surface area contributed by atoms with Crippen LogP contribution in [0.2, 0.25) is 0 Å². The predicted octanol–water partition coefficient (Wildman–Crippen LogP) is 1.28. The van der Waals surface area contributed by atoms with Gasteiger partial charge in [0.1, 0.15) is 0 Å². The van der Waals surface area contributed by atoms with Gasteiger partial charge in [-0.25, -0.2) is 4.79 Å². The molecule has 0 aromatic rings. The molecule has 0 spiro atoms. The smallest absolute Gasteiger partial charge is 0.407 e. The largest absolute Gasteiger partial charge is 0.473 e. The van der Waals surface area contributed by atoms with E-state index in [-0.39, 0.29) is 0 Å². The van der Waals surface area contributed by atoms with Crippen molar-refractivity contribution in [3.63, 3.8) is 0 Å². The second-order valence-electron chi connectivity index (χ2n) is 3.46. The fraction of sp³-hybridized carbons (Fsp3) is 0.571. The molecule has 0 saturated carbocycles. The van der Waals surface area contributed by atoms with E-state index < -0.39 is 22.0 Å². The molecule has 0 amide bonds. The van der Waals surface area contributed by atoms with Crippen molar-refractivity contribution in [2.75, 3.05) is 0 Å². The molecule has 0 aromatic carbocycles. The molecule has 68 valence electrons. The lowest BCUT2D eigenvalue weighted by atomic mass is 9.95. The number of aliphatic carboxylic acids is 1. The molecule has 0 saturated heterocycles. The van der Waals surface area contributed by atoms with Crippen molar-refractivity contribution >= 4 is 5.97 Å². The lowest BCUT2D eigenvalue weighted by Crippen LogP contribution is -2.14. The Balaban J connectivity index is 4.88. The first-order valence-corrected chi connectivity index (χ1v) is 3.34. The van der Waals surface area contributed by atoms with Crippen molar-refractivity contribution in [3.05, 3.63) is 21.9 Å². The lowest BCUT2D eigenvalue weighted by molar-refractivity contribution is -0.421. The molecule has 1 N–H and O–H groups in total. The highest BCUT2D eigenvalue weighted by molar-refractivity contribution is 5.83. The highest BCUT2D eigenvalue weighted by atomic mass is 16.6. The van der Waals surface area contributed by atoms with Crippen molar-refractivity contribution in [2.45, 2.75) is 20.8 Å². The molecule has 0 unspecified atom stereocenters. The molecule has 0 aromatic heterocycles. The summed E-state index contributed by atoms with van der Waals surface area (Å²) in [5.41, 5.74) is -1.27. The summed E-state index contributed by atoms with van der Waals surface area (Å²) in [5, 5.41) is 18.6. The molecule has 5 heteroatoms. The van der Waals surface area contributed by atoms with Crippen molar-refractivity contribution in [1.29, 1.82) is 0 Å². The SMILES string of the molecule is CC(C)(C)C=C(C(=O)O)[N+](=O)[O-]. The Morgan fingerprint density at radius 2 is 1.92 bits per heavy atom. The summed E-state index contributed by atoms with van der Waals surface area (Å²) < 4.78 is 0. The van der Waals surface area contributed by atoms with Crippen LogP contribution in [0.25, 0.3) is 0 Å². The second kappa shape index (κ2) is 3.34. The molecule has 0 bridgehead atoms. The first kappa shape index (κ1) is 10.6. The van der Waals surface area contributed by atoms with Gasteiger partial charge in [0.2, 0.25) is 0 Å². The number of hydrogen-bond acceptors (Lipinski definition) is 3. The maximum absolute atomic E-state index is 10.3. The van der Waals surface area contributed by atoms with Gasteiger partial charge in [-0.15, -0.1) is 0 Å². The Morgan fingerprint density at radius 3 is 2.00 bits per heavy atom. The van der Waals surface area contributed by atoms with E-state index in [4.69, 9.17) is 5.11 Å². The number of rotatable bonds is 2. The van der Waals surface area contributed by atoms with E-state index in [1.165, 1.54) is 0 Å². The van der Waals surface area contributed by atoms with Gasteiger partial charge in [-0.2, -0.15) is 0 Å². The molecule has 0 rings (SSSR count). The van der Waals surface area contributed by atoms with Crippen LogP contribution in [0.1, 0.15) is 20.8 Å². The Hall–Kier alpha value is -1.39. The van der Waals surface area contributed by atoms with Gasteiger partial charge in [-0.3, -0.25) is 10.1 Å². The zero-order chi connectivity index (χ0) is 9.94. The first-order chi connectivity index (χ1) is 5.24. The highest BCUT2D eigenvalue weighted by Crippen LogP contribution is 2.17. The van der Waals surface area contributed by atoms with Gasteiger partial charge in [0.25, 0.3) is 0 Å². The van der Waals surface area contributed by atoms with Crippen molar-refractivity contribution in [1.82, 2.24) is 0 Å². The van der Waals surface area contributed by atoms with Crippen LogP contribution in [-0.4, -0.2) is 16.0 Å². The third-order valence-corrected chi connectivity index (χ3v) is 0.986. The van der Waals surface area contributed by atoms with Crippen LogP contribution in [0.4, 0.5) is 0 Å². The third-order valence-electron chi connectivity index (χ3n) is 0.986. The van der Waals surface area contributed by atoms with Gasteiger partial charge in [0.15, 0.2) is 0 Å². The standard InChI is InChI=1S/C7H11NO4/c1-7(2,3)4-5(6(9)10)8(11)12/h4H,1-3H3,(H,9,10). The number of hydrogen-bond donors (Lipinski definition) is 1. The molecule has 0 fully saturated rings. The molecule has 0 aliphatic rings. The minimum atomic E-state index is -1.50. The fourth-order valence-corrected chi connectivity index (χ4v) is 0.603. The zero-order valence-corrected chi connectivity index (χ0v) is 7.20. The molecule has 0 heterocycles.